The number of allylic oxidation sites excluding steroid dienone is 1. The second-order valence-corrected chi connectivity index (χ2v) is 3.20. The maximum Gasteiger partial charge on any atom is 0.328 e. The van der Waals surface area contributed by atoms with Crippen molar-refractivity contribution >= 4 is 23.1 Å². The van der Waals surface area contributed by atoms with E-state index in [1.54, 1.807) is 13.0 Å². The minimum absolute atomic E-state index is 0.0249. The second-order valence-electron chi connectivity index (χ2n) is 2.79. The molecule has 4 heteroatoms. The van der Waals surface area contributed by atoms with Gasteiger partial charge in [-0.05, 0) is 30.2 Å². The monoisotopic (exact) mass is 214 g/mol. The Bertz CT molecular complexity index is 399. The van der Waals surface area contributed by atoms with Crippen LogP contribution in [0.25, 0.3) is 5.57 Å². The highest BCUT2D eigenvalue weighted by Crippen LogP contribution is 2.20. The Morgan fingerprint density at radius 2 is 2.21 bits per heavy atom. The van der Waals surface area contributed by atoms with E-state index in [-0.39, 0.29) is 5.02 Å². The first kappa shape index (κ1) is 10.7. The molecule has 1 aromatic rings. The van der Waals surface area contributed by atoms with Gasteiger partial charge in [-0.3, -0.25) is 0 Å². The average Bonchev–Trinajstić information content (AvgIpc) is 2.08. The van der Waals surface area contributed by atoms with Crippen molar-refractivity contribution < 1.29 is 14.3 Å². The molecule has 0 saturated carbocycles. The quantitative estimate of drug-likeness (QED) is 0.769. The highest BCUT2D eigenvalue weighted by atomic mass is 35.5. The van der Waals surface area contributed by atoms with E-state index in [1.165, 1.54) is 12.1 Å². The van der Waals surface area contributed by atoms with Crippen molar-refractivity contribution in [3.05, 3.63) is 40.7 Å². The molecule has 0 saturated heterocycles. The summed E-state index contributed by atoms with van der Waals surface area (Å²) in [6.45, 7) is 1.59. The summed E-state index contributed by atoms with van der Waals surface area (Å²) in [7, 11) is 0. The van der Waals surface area contributed by atoms with Gasteiger partial charge in [0, 0.05) is 6.08 Å². The molecule has 0 unspecified atom stereocenters. The predicted molar refractivity (Wildman–Crippen MR) is 52.7 cm³/mol. The fourth-order valence-corrected chi connectivity index (χ4v) is 1.13. The first-order valence-corrected chi connectivity index (χ1v) is 4.25. The van der Waals surface area contributed by atoms with Crippen LogP contribution in [0, 0.1) is 5.82 Å². The van der Waals surface area contributed by atoms with E-state index in [4.69, 9.17) is 16.7 Å². The third-order valence-corrected chi connectivity index (χ3v) is 2.02. The average molecular weight is 215 g/mol. The zero-order valence-corrected chi connectivity index (χ0v) is 8.18. The maximum absolute atomic E-state index is 13.0. The highest BCUT2D eigenvalue weighted by Gasteiger charge is 2.03. The minimum atomic E-state index is -1.06. The normalized spacial score (nSPS) is 11.5. The number of hydrogen-bond donors (Lipinski definition) is 1. The SMILES string of the molecule is C/C(=C/C(=O)O)c1ccc(Cl)c(F)c1. The molecular formula is C10H8ClFO2. The van der Waals surface area contributed by atoms with E-state index in [9.17, 15) is 9.18 Å². The van der Waals surface area contributed by atoms with Crippen LogP contribution in [0.3, 0.4) is 0 Å². The molecule has 0 fully saturated rings. The molecule has 0 spiro atoms. The van der Waals surface area contributed by atoms with Crippen LogP contribution in [0.1, 0.15) is 12.5 Å². The summed E-state index contributed by atoms with van der Waals surface area (Å²) in [5.41, 5.74) is 0.988. The van der Waals surface area contributed by atoms with Crippen LogP contribution in [-0.2, 0) is 4.79 Å². The Morgan fingerprint density at radius 1 is 1.57 bits per heavy atom. The van der Waals surface area contributed by atoms with Gasteiger partial charge in [0.25, 0.3) is 0 Å². The van der Waals surface area contributed by atoms with Gasteiger partial charge in [-0.15, -0.1) is 0 Å². The number of carboxylic acids is 1. The number of halogens is 2. The number of aliphatic carboxylic acids is 1. The van der Waals surface area contributed by atoms with E-state index in [0.29, 0.717) is 11.1 Å². The van der Waals surface area contributed by atoms with Gasteiger partial charge in [0.15, 0.2) is 0 Å². The molecule has 74 valence electrons. The molecule has 2 nitrogen and oxygen atoms in total. The molecule has 0 aromatic heterocycles. The van der Waals surface area contributed by atoms with Gasteiger partial charge >= 0.3 is 5.97 Å². The lowest BCUT2D eigenvalue weighted by atomic mass is 10.1. The van der Waals surface area contributed by atoms with Crippen LogP contribution in [0.2, 0.25) is 5.02 Å². The standard InChI is InChI=1S/C10H8ClFO2/c1-6(4-10(13)14)7-2-3-8(11)9(12)5-7/h2-5H,1H3,(H,13,14)/b6-4-. The lowest BCUT2D eigenvalue weighted by Crippen LogP contribution is -1.90. The first-order chi connectivity index (χ1) is 6.50. The zero-order chi connectivity index (χ0) is 10.7. The largest absolute Gasteiger partial charge is 0.478 e. The number of rotatable bonds is 2. The number of benzene rings is 1. The molecule has 0 aliphatic rings. The molecule has 0 heterocycles. The van der Waals surface area contributed by atoms with Gasteiger partial charge in [0.05, 0.1) is 5.02 Å². The summed E-state index contributed by atoms with van der Waals surface area (Å²) in [4.78, 5) is 10.3. The van der Waals surface area contributed by atoms with Crippen molar-refractivity contribution in [2.75, 3.05) is 0 Å². The molecule has 1 N–H and O–H groups in total. The first-order valence-electron chi connectivity index (χ1n) is 3.87. The van der Waals surface area contributed by atoms with E-state index >= 15 is 0 Å². The Kier molecular flexibility index (Phi) is 3.25. The van der Waals surface area contributed by atoms with Gasteiger partial charge in [-0.25, -0.2) is 9.18 Å². The van der Waals surface area contributed by atoms with Gasteiger partial charge in [0.2, 0.25) is 0 Å². The zero-order valence-electron chi connectivity index (χ0n) is 7.42. The molecular weight excluding hydrogens is 207 g/mol. The van der Waals surface area contributed by atoms with Crippen molar-refractivity contribution in [3.8, 4) is 0 Å². The molecule has 14 heavy (non-hydrogen) atoms. The highest BCUT2D eigenvalue weighted by molar-refractivity contribution is 6.30. The molecule has 0 atom stereocenters. The van der Waals surface area contributed by atoms with Crippen LogP contribution in [-0.4, -0.2) is 11.1 Å². The summed E-state index contributed by atoms with van der Waals surface area (Å²) in [6.07, 6.45) is 1.02. The smallest absolute Gasteiger partial charge is 0.328 e. The van der Waals surface area contributed by atoms with Crippen molar-refractivity contribution in [1.29, 1.82) is 0 Å². The predicted octanol–water partition coefficient (Wildman–Crippen LogP) is 2.97. The summed E-state index contributed by atoms with van der Waals surface area (Å²) >= 11 is 5.48. The Labute approximate surface area is 85.6 Å². The van der Waals surface area contributed by atoms with E-state index in [1.807, 2.05) is 0 Å². The Morgan fingerprint density at radius 3 is 2.71 bits per heavy atom. The lowest BCUT2D eigenvalue weighted by Gasteiger charge is -2.01. The fourth-order valence-electron chi connectivity index (χ4n) is 1.01. The molecule has 0 aliphatic carbocycles. The molecule has 1 rings (SSSR count). The Balaban J connectivity index is 3.09. The molecule has 0 amide bonds. The van der Waals surface area contributed by atoms with Crippen LogP contribution >= 0.6 is 11.6 Å². The van der Waals surface area contributed by atoms with Gasteiger partial charge in [-0.2, -0.15) is 0 Å². The van der Waals surface area contributed by atoms with Crippen molar-refractivity contribution in [1.82, 2.24) is 0 Å². The van der Waals surface area contributed by atoms with Crippen molar-refractivity contribution in [3.63, 3.8) is 0 Å². The van der Waals surface area contributed by atoms with Gasteiger partial charge in [-0.1, -0.05) is 17.7 Å². The van der Waals surface area contributed by atoms with Crippen molar-refractivity contribution in [2.45, 2.75) is 6.92 Å². The molecule has 0 bridgehead atoms. The second kappa shape index (κ2) is 4.24. The topological polar surface area (TPSA) is 37.3 Å². The summed E-state index contributed by atoms with van der Waals surface area (Å²) in [5, 5.41) is 8.50. The van der Waals surface area contributed by atoms with Crippen LogP contribution in [0.4, 0.5) is 4.39 Å². The third-order valence-electron chi connectivity index (χ3n) is 1.71. The number of hydrogen-bond acceptors (Lipinski definition) is 1. The molecule has 0 aliphatic heterocycles. The van der Waals surface area contributed by atoms with E-state index in [0.717, 1.165) is 6.08 Å². The van der Waals surface area contributed by atoms with E-state index < -0.39 is 11.8 Å². The van der Waals surface area contributed by atoms with Crippen LogP contribution < -0.4 is 0 Å². The van der Waals surface area contributed by atoms with Crippen molar-refractivity contribution in [2.24, 2.45) is 0 Å². The number of carboxylic acid groups (broad SMARTS) is 1. The van der Waals surface area contributed by atoms with Gasteiger partial charge < -0.3 is 5.11 Å². The Hall–Kier alpha value is -1.35. The van der Waals surface area contributed by atoms with Crippen LogP contribution in [0.5, 0.6) is 0 Å². The third kappa shape index (κ3) is 2.57. The summed E-state index contributed by atoms with van der Waals surface area (Å²) in [6, 6.07) is 4.17. The fraction of sp³-hybridized carbons (Fsp3) is 0.100. The van der Waals surface area contributed by atoms with Gasteiger partial charge in [0.1, 0.15) is 5.82 Å². The minimum Gasteiger partial charge on any atom is -0.478 e. The molecule has 0 radical (unpaired) electrons. The lowest BCUT2D eigenvalue weighted by molar-refractivity contribution is -0.131. The van der Waals surface area contributed by atoms with Crippen LogP contribution in [0.15, 0.2) is 24.3 Å². The number of carbonyl (C=O) groups is 1. The maximum atomic E-state index is 13.0. The molecule has 1 aromatic carbocycles. The van der Waals surface area contributed by atoms with E-state index in [2.05, 4.69) is 0 Å². The summed E-state index contributed by atoms with van der Waals surface area (Å²) < 4.78 is 13.0. The summed E-state index contributed by atoms with van der Waals surface area (Å²) in [5.74, 6) is -1.61.